The molecule has 0 aliphatic heterocycles. The molecule has 18 heavy (non-hydrogen) atoms. The van der Waals surface area contributed by atoms with Crippen molar-refractivity contribution in [1.82, 2.24) is 10.2 Å². The molecular formula is C14H24N2O2. The van der Waals surface area contributed by atoms with Crippen LogP contribution in [0.3, 0.4) is 0 Å². The quantitative estimate of drug-likeness (QED) is 0.801. The van der Waals surface area contributed by atoms with Crippen LogP contribution in [0.5, 0.6) is 11.5 Å². The van der Waals surface area contributed by atoms with E-state index >= 15 is 0 Å². The van der Waals surface area contributed by atoms with E-state index in [1.807, 2.05) is 18.2 Å². The number of hydrogen-bond donors (Lipinski definition) is 1. The first-order valence-electron chi connectivity index (χ1n) is 6.15. The van der Waals surface area contributed by atoms with Crippen molar-refractivity contribution in [2.24, 2.45) is 0 Å². The zero-order valence-electron chi connectivity index (χ0n) is 12.0. The van der Waals surface area contributed by atoms with E-state index in [1.165, 1.54) is 0 Å². The summed E-state index contributed by atoms with van der Waals surface area (Å²) in [5, 5.41) is 3.48. The zero-order chi connectivity index (χ0) is 13.5. The third-order valence-corrected chi connectivity index (χ3v) is 2.70. The van der Waals surface area contributed by atoms with Gasteiger partial charge in [-0.2, -0.15) is 0 Å². The highest BCUT2D eigenvalue weighted by atomic mass is 16.5. The van der Waals surface area contributed by atoms with Crippen LogP contribution >= 0.6 is 0 Å². The molecule has 0 aromatic heterocycles. The highest BCUT2D eigenvalue weighted by Gasteiger charge is 2.05. The zero-order valence-corrected chi connectivity index (χ0v) is 12.0. The van der Waals surface area contributed by atoms with Gasteiger partial charge in [-0.3, -0.25) is 0 Å². The number of ether oxygens (including phenoxy) is 2. The lowest BCUT2D eigenvalue weighted by atomic mass is 10.2. The Bertz CT molecular complexity index is 345. The van der Waals surface area contributed by atoms with Crippen LogP contribution in [0.25, 0.3) is 0 Å². The van der Waals surface area contributed by atoms with Crippen molar-refractivity contribution in [2.45, 2.75) is 19.5 Å². The molecule has 0 heterocycles. The van der Waals surface area contributed by atoms with E-state index < -0.39 is 0 Å². The molecule has 0 aliphatic carbocycles. The van der Waals surface area contributed by atoms with E-state index in [9.17, 15) is 0 Å². The van der Waals surface area contributed by atoms with Gasteiger partial charge in [0, 0.05) is 25.2 Å². The Labute approximate surface area is 110 Å². The fraction of sp³-hybridized carbons (Fsp3) is 0.571. The largest absolute Gasteiger partial charge is 0.497 e. The summed E-state index contributed by atoms with van der Waals surface area (Å²) in [4.78, 5) is 2.17. The second kappa shape index (κ2) is 7.24. The fourth-order valence-electron chi connectivity index (χ4n) is 1.87. The number of methoxy groups -OCH3 is 2. The van der Waals surface area contributed by atoms with Gasteiger partial charge in [-0.15, -0.1) is 0 Å². The maximum atomic E-state index is 5.25. The summed E-state index contributed by atoms with van der Waals surface area (Å²) in [6.07, 6.45) is 0. The van der Waals surface area contributed by atoms with Gasteiger partial charge in [-0.25, -0.2) is 0 Å². The first kappa shape index (κ1) is 14.8. The van der Waals surface area contributed by atoms with Gasteiger partial charge in [0.2, 0.25) is 0 Å². The van der Waals surface area contributed by atoms with Crippen molar-refractivity contribution in [3.63, 3.8) is 0 Å². The average molecular weight is 252 g/mol. The molecule has 1 aromatic carbocycles. The summed E-state index contributed by atoms with van der Waals surface area (Å²) in [6, 6.07) is 6.37. The Balaban J connectivity index is 2.60. The minimum Gasteiger partial charge on any atom is -0.497 e. The lowest BCUT2D eigenvalue weighted by molar-refractivity contribution is 0.348. The van der Waals surface area contributed by atoms with Crippen LogP contribution in [-0.2, 0) is 6.54 Å². The smallest absolute Gasteiger partial charge is 0.122 e. The van der Waals surface area contributed by atoms with Gasteiger partial charge in [0.1, 0.15) is 11.5 Å². The normalized spacial score (nSPS) is 12.6. The Morgan fingerprint density at radius 1 is 1.11 bits per heavy atom. The number of nitrogens with zero attached hydrogens (tertiary/aromatic N) is 1. The molecule has 0 radical (unpaired) electrons. The maximum absolute atomic E-state index is 5.25. The summed E-state index contributed by atoms with van der Waals surface area (Å²) < 4.78 is 10.5. The van der Waals surface area contributed by atoms with Gasteiger partial charge in [-0.05, 0) is 38.7 Å². The standard InChI is InChI=1S/C14H24N2O2/c1-11(10-16(2)3)15-9-12-6-13(17-4)8-14(7-12)18-5/h6-8,11,15H,9-10H2,1-5H3. The number of benzene rings is 1. The van der Waals surface area contributed by atoms with Crippen molar-refractivity contribution in [2.75, 3.05) is 34.9 Å². The predicted octanol–water partition coefficient (Wildman–Crippen LogP) is 1.74. The second-order valence-corrected chi connectivity index (χ2v) is 4.77. The summed E-state index contributed by atoms with van der Waals surface area (Å²) in [6.45, 7) is 4.00. The Kier molecular flexibility index (Phi) is 5.95. The minimum atomic E-state index is 0.442. The SMILES string of the molecule is COc1cc(CNC(C)CN(C)C)cc(OC)c1. The molecule has 4 nitrogen and oxygen atoms in total. The van der Waals surface area contributed by atoms with Crippen molar-refractivity contribution in [1.29, 1.82) is 0 Å². The van der Waals surface area contributed by atoms with Crippen LogP contribution in [0.2, 0.25) is 0 Å². The molecule has 0 saturated carbocycles. The summed E-state index contributed by atoms with van der Waals surface area (Å²) in [5.74, 6) is 1.65. The molecular weight excluding hydrogens is 228 g/mol. The number of likely N-dealkylation sites (N-methyl/N-ethyl adjacent to an activating group) is 1. The van der Waals surface area contributed by atoms with E-state index in [4.69, 9.17) is 9.47 Å². The highest BCUT2D eigenvalue weighted by molar-refractivity contribution is 5.38. The summed E-state index contributed by atoms with van der Waals surface area (Å²) in [7, 11) is 7.49. The molecule has 1 aromatic rings. The predicted molar refractivity (Wildman–Crippen MR) is 74.4 cm³/mol. The second-order valence-electron chi connectivity index (χ2n) is 4.77. The molecule has 0 aliphatic rings. The lowest BCUT2D eigenvalue weighted by Crippen LogP contribution is -2.35. The molecule has 102 valence electrons. The van der Waals surface area contributed by atoms with Crippen LogP contribution in [-0.4, -0.2) is 45.8 Å². The lowest BCUT2D eigenvalue weighted by Gasteiger charge is -2.18. The fourth-order valence-corrected chi connectivity index (χ4v) is 1.87. The van der Waals surface area contributed by atoms with E-state index in [0.717, 1.165) is 30.2 Å². The summed E-state index contributed by atoms with van der Waals surface area (Å²) in [5.41, 5.74) is 1.16. The minimum absolute atomic E-state index is 0.442. The van der Waals surface area contributed by atoms with E-state index in [0.29, 0.717) is 6.04 Å². The molecule has 1 rings (SSSR count). The number of nitrogens with one attached hydrogen (secondary N) is 1. The Hall–Kier alpha value is -1.26. The van der Waals surface area contributed by atoms with Crippen LogP contribution in [0.4, 0.5) is 0 Å². The van der Waals surface area contributed by atoms with E-state index in [-0.39, 0.29) is 0 Å². The molecule has 0 amide bonds. The van der Waals surface area contributed by atoms with Crippen molar-refractivity contribution in [3.05, 3.63) is 23.8 Å². The van der Waals surface area contributed by atoms with Crippen molar-refractivity contribution >= 4 is 0 Å². The maximum Gasteiger partial charge on any atom is 0.122 e. The average Bonchev–Trinajstić information content (AvgIpc) is 2.35. The van der Waals surface area contributed by atoms with Gasteiger partial charge in [0.05, 0.1) is 14.2 Å². The van der Waals surface area contributed by atoms with Gasteiger partial charge < -0.3 is 19.7 Å². The molecule has 0 fully saturated rings. The topological polar surface area (TPSA) is 33.7 Å². The molecule has 0 saturated heterocycles. The Morgan fingerprint density at radius 2 is 1.67 bits per heavy atom. The third kappa shape index (κ3) is 4.94. The molecule has 1 atom stereocenters. The van der Waals surface area contributed by atoms with Gasteiger partial charge in [0.15, 0.2) is 0 Å². The van der Waals surface area contributed by atoms with E-state index in [1.54, 1.807) is 14.2 Å². The first-order chi connectivity index (χ1) is 8.55. The van der Waals surface area contributed by atoms with Crippen molar-refractivity contribution < 1.29 is 9.47 Å². The molecule has 1 N–H and O–H groups in total. The third-order valence-electron chi connectivity index (χ3n) is 2.70. The molecule has 0 spiro atoms. The summed E-state index contributed by atoms with van der Waals surface area (Å²) >= 11 is 0. The van der Waals surface area contributed by atoms with Crippen molar-refractivity contribution in [3.8, 4) is 11.5 Å². The first-order valence-corrected chi connectivity index (χ1v) is 6.15. The number of rotatable bonds is 7. The van der Waals surface area contributed by atoms with E-state index in [2.05, 4.69) is 31.2 Å². The molecule has 0 bridgehead atoms. The van der Waals surface area contributed by atoms with Gasteiger partial charge in [0.25, 0.3) is 0 Å². The molecule has 1 unspecified atom stereocenters. The van der Waals surface area contributed by atoms with Gasteiger partial charge >= 0.3 is 0 Å². The monoisotopic (exact) mass is 252 g/mol. The van der Waals surface area contributed by atoms with Crippen LogP contribution in [0.1, 0.15) is 12.5 Å². The molecule has 4 heteroatoms. The van der Waals surface area contributed by atoms with Crippen LogP contribution in [0.15, 0.2) is 18.2 Å². The highest BCUT2D eigenvalue weighted by Crippen LogP contribution is 2.22. The Morgan fingerprint density at radius 3 is 2.11 bits per heavy atom. The number of hydrogen-bond acceptors (Lipinski definition) is 4. The van der Waals surface area contributed by atoms with Crippen LogP contribution in [0, 0.1) is 0 Å². The van der Waals surface area contributed by atoms with Gasteiger partial charge in [-0.1, -0.05) is 0 Å². The van der Waals surface area contributed by atoms with Crippen LogP contribution < -0.4 is 14.8 Å².